The topological polar surface area (TPSA) is 75.2 Å². The summed E-state index contributed by atoms with van der Waals surface area (Å²) in [6.45, 7) is 9.42. The monoisotopic (exact) mass is 414 g/mol. The molecule has 1 aliphatic carbocycles. The van der Waals surface area contributed by atoms with Gasteiger partial charge in [0.2, 0.25) is 11.8 Å². The number of carbonyl (C=O) groups is 2. The largest absolute Gasteiger partial charge is 0.354 e. The average Bonchev–Trinajstić information content (AvgIpc) is 2.71. The molecule has 1 aliphatic heterocycles. The van der Waals surface area contributed by atoms with Gasteiger partial charge in [0, 0.05) is 48.4 Å². The third-order valence-corrected chi connectivity index (χ3v) is 6.55. The Balaban J connectivity index is 1.64. The number of aryl methyl sites for hydroxylation is 2. The summed E-state index contributed by atoms with van der Waals surface area (Å²) in [4.78, 5) is 36.6. The zero-order chi connectivity index (χ0) is 21.7. The highest BCUT2D eigenvalue weighted by Crippen LogP contribution is 2.30. The highest BCUT2D eigenvalue weighted by Gasteiger charge is 2.29. The maximum atomic E-state index is 12.9. The molecular formula is C24H38N4O2. The van der Waals surface area contributed by atoms with Crippen LogP contribution in [0.15, 0.2) is 0 Å². The molecule has 30 heavy (non-hydrogen) atoms. The highest BCUT2D eigenvalue weighted by atomic mass is 16.2. The predicted octanol–water partition coefficient (Wildman–Crippen LogP) is 3.84. The van der Waals surface area contributed by atoms with Crippen molar-refractivity contribution in [3.05, 3.63) is 22.8 Å². The second kappa shape index (κ2) is 10.4. The first kappa shape index (κ1) is 22.7. The van der Waals surface area contributed by atoms with Crippen molar-refractivity contribution in [1.29, 1.82) is 0 Å². The molecule has 1 saturated heterocycles. The molecule has 6 nitrogen and oxygen atoms in total. The molecule has 0 aromatic carbocycles. The summed E-state index contributed by atoms with van der Waals surface area (Å²) in [5, 5.41) is 2.94. The zero-order valence-corrected chi connectivity index (χ0v) is 19.2. The van der Waals surface area contributed by atoms with Gasteiger partial charge in [-0.25, -0.2) is 9.97 Å². The Morgan fingerprint density at radius 2 is 1.70 bits per heavy atom. The maximum absolute atomic E-state index is 12.9. The van der Waals surface area contributed by atoms with Crippen LogP contribution in [0, 0.1) is 19.8 Å². The van der Waals surface area contributed by atoms with E-state index >= 15 is 0 Å². The molecule has 2 aliphatic rings. The molecule has 1 atom stereocenters. The number of aromatic nitrogens is 2. The first-order chi connectivity index (χ1) is 14.3. The van der Waals surface area contributed by atoms with Crippen LogP contribution in [0.5, 0.6) is 0 Å². The van der Waals surface area contributed by atoms with Gasteiger partial charge in [-0.3, -0.25) is 9.59 Å². The van der Waals surface area contributed by atoms with Crippen LogP contribution in [0.3, 0.4) is 0 Å². The minimum Gasteiger partial charge on any atom is -0.354 e. The van der Waals surface area contributed by atoms with Gasteiger partial charge in [-0.05, 0) is 59.3 Å². The summed E-state index contributed by atoms with van der Waals surface area (Å²) < 4.78 is 0. The lowest BCUT2D eigenvalue weighted by Crippen LogP contribution is -2.40. The summed E-state index contributed by atoms with van der Waals surface area (Å²) in [6.07, 6.45) is 9.31. The molecule has 2 amide bonds. The Labute approximate surface area is 181 Å². The van der Waals surface area contributed by atoms with E-state index in [9.17, 15) is 9.59 Å². The Morgan fingerprint density at radius 1 is 1.03 bits per heavy atom. The number of hydrogen-bond donors (Lipinski definition) is 1. The number of rotatable bonds is 6. The zero-order valence-electron chi connectivity index (χ0n) is 19.2. The van der Waals surface area contributed by atoms with E-state index < -0.39 is 0 Å². The van der Waals surface area contributed by atoms with E-state index in [1.165, 1.54) is 32.1 Å². The van der Waals surface area contributed by atoms with Gasteiger partial charge in [0.05, 0.1) is 6.42 Å². The van der Waals surface area contributed by atoms with Crippen molar-refractivity contribution in [1.82, 2.24) is 20.2 Å². The van der Waals surface area contributed by atoms with Crippen LogP contribution in [-0.2, 0) is 16.0 Å². The highest BCUT2D eigenvalue weighted by molar-refractivity contribution is 5.79. The molecule has 1 unspecified atom stereocenters. The first-order valence-electron chi connectivity index (χ1n) is 11.7. The molecule has 6 heteroatoms. The number of nitrogens with one attached hydrogen (secondary N) is 1. The SMILES string of the molecule is Cc1nc(C2CCCN(C(=O)CC3CCCCC3)C2)nc(C)c1CC(=O)NC(C)C. The minimum atomic E-state index is 0.00435. The van der Waals surface area contributed by atoms with Gasteiger partial charge < -0.3 is 10.2 Å². The number of likely N-dealkylation sites (tertiary alicyclic amines) is 1. The van der Waals surface area contributed by atoms with Gasteiger partial charge in [-0.2, -0.15) is 0 Å². The standard InChI is InChI=1S/C24H38N4O2/c1-16(2)25-22(29)14-21-17(3)26-24(27-18(21)4)20-11-8-12-28(15-20)23(30)13-19-9-6-5-7-10-19/h16,19-20H,5-15H2,1-4H3,(H,25,29). The Kier molecular flexibility index (Phi) is 7.84. The van der Waals surface area contributed by atoms with Crippen molar-refractivity contribution < 1.29 is 9.59 Å². The van der Waals surface area contributed by atoms with E-state index in [-0.39, 0.29) is 17.9 Å². The number of piperidine rings is 1. The van der Waals surface area contributed by atoms with Crippen LogP contribution in [0.1, 0.15) is 93.9 Å². The number of nitrogens with zero attached hydrogens (tertiary/aromatic N) is 3. The van der Waals surface area contributed by atoms with Gasteiger partial charge in [0.15, 0.2) is 0 Å². The van der Waals surface area contributed by atoms with Gasteiger partial charge in [-0.1, -0.05) is 19.3 Å². The summed E-state index contributed by atoms with van der Waals surface area (Å²) in [5.41, 5.74) is 2.67. The molecule has 2 fully saturated rings. The molecular weight excluding hydrogens is 376 g/mol. The van der Waals surface area contributed by atoms with E-state index in [0.29, 0.717) is 24.7 Å². The second-order valence-corrected chi connectivity index (χ2v) is 9.52. The third-order valence-electron chi connectivity index (χ3n) is 6.55. The molecule has 2 heterocycles. The van der Waals surface area contributed by atoms with Gasteiger partial charge in [0.1, 0.15) is 5.82 Å². The smallest absolute Gasteiger partial charge is 0.224 e. The lowest BCUT2D eigenvalue weighted by Gasteiger charge is -2.34. The van der Waals surface area contributed by atoms with Crippen molar-refractivity contribution in [2.24, 2.45) is 5.92 Å². The van der Waals surface area contributed by atoms with E-state index in [1.54, 1.807) is 0 Å². The fraction of sp³-hybridized carbons (Fsp3) is 0.750. The molecule has 1 saturated carbocycles. The van der Waals surface area contributed by atoms with Gasteiger partial charge in [-0.15, -0.1) is 0 Å². The number of amides is 2. The molecule has 1 N–H and O–H groups in total. The van der Waals surface area contributed by atoms with Crippen molar-refractivity contribution in [3.8, 4) is 0 Å². The van der Waals surface area contributed by atoms with Crippen LogP contribution in [-0.4, -0.2) is 45.8 Å². The molecule has 3 rings (SSSR count). The average molecular weight is 415 g/mol. The Morgan fingerprint density at radius 3 is 2.33 bits per heavy atom. The fourth-order valence-electron chi connectivity index (χ4n) is 4.92. The van der Waals surface area contributed by atoms with Crippen molar-refractivity contribution in [3.63, 3.8) is 0 Å². The van der Waals surface area contributed by atoms with E-state index in [2.05, 4.69) is 5.32 Å². The lowest BCUT2D eigenvalue weighted by atomic mass is 9.86. The molecule has 0 bridgehead atoms. The van der Waals surface area contributed by atoms with Crippen LogP contribution in [0.4, 0.5) is 0 Å². The van der Waals surface area contributed by atoms with E-state index in [0.717, 1.165) is 48.7 Å². The van der Waals surface area contributed by atoms with Crippen LogP contribution in [0.2, 0.25) is 0 Å². The van der Waals surface area contributed by atoms with Crippen LogP contribution >= 0.6 is 0 Å². The van der Waals surface area contributed by atoms with Crippen LogP contribution in [0.25, 0.3) is 0 Å². The minimum absolute atomic E-state index is 0.00435. The number of hydrogen-bond acceptors (Lipinski definition) is 4. The van der Waals surface area contributed by atoms with Gasteiger partial charge >= 0.3 is 0 Å². The molecule has 1 aromatic rings. The summed E-state index contributed by atoms with van der Waals surface area (Å²) in [7, 11) is 0. The molecule has 0 radical (unpaired) electrons. The van der Waals surface area contributed by atoms with Gasteiger partial charge in [0.25, 0.3) is 0 Å². The number of carbonyl (C=O) groups excluding carboxylic acids is 2. The summed E-state index contributed by atoms with van der Waals surface area (Å²) in [6, 6.07) is 0.123. The normalized spacial score (nSPS) is 20.4. The maximum Gasteiger partial charge on any atom is 0.224 e. The fourth-order valence-corrected chi connectivity index (χ4v) is 4.92. The quantitative estimate of drug-likeness (QED) is 0.767. The van der Waals surface area contributed by atoms with E-state index in [4.69, 9.17) is 9.97 Å². The summed E-state index contributed by atoms with van der Waals surface area (Å²) in [5.74, 6) is 1.90. The van der Waals surface area contributed by atoms with Crippen molar-refractivity contribution in [2.75, 3.05) is 13.1 Å². The van der Waals surface area contributed by atoms with Crippen LogP contribution < -0.4 is 5.32 Å². The van der Waals surface area contributed by atoms with Crippen molar-refractivity contribution in [2.45, 2.75) is 97.4 Å². The Hall–Kier alpha value is -1.98. The molecule has 1 aromatic heterocycles. The Bertz CT molecular complexity index is 733. The first-order valence-corrected chi connectivity index (χ1v) is 11.7. The second-order valence-electron chi connectivity index (χ2n) is 9.52. The molecule has 166 valence electrons. The summed E-state index contributed by atoms with van der Waals surface area (Å²) >= 11 is 0. The van der Waals surface area contributed by atoms with Crippen molar-refractivity contribution >= 4 is 11.8 Å². The van der Waals surface area contributed by atoms with E-state index in [1.807, 2.05) is 32.6 Å². The predicted molar refractivity (Wildman–Crippen MR) is 118 cm³/mol. The lowest BCUT2D eigenvalue weighted by molar-refractivity contribution is -0.133. The molecule has 0 spiro atoms. The third kappa shape index (κ3) is 6.02.